The van der Waals surface area contributed by atoms with Crippen LogP contribution in [0.4, 0.5) is 4.79 Å². The van der Waals surface area contributed by atoms with Crippen LogP contribution in [-0.2, 0) is 4.74 Å². The van der Waals surface area contributed by atoms with E-state index in [1.807, 2.05) is 0 Å². The number of carbonyl (C=O) groups excluding carboxylic acids is 1. The standard InChI is InChI=1S/C8H13NO3/c1-2-3-4-9-7(5-10)6-12-8(9)11/h2,7,10H,1,3-6H2/t7-/m1/s1. The van der Waals surface area contributed by atoms with Gasteiger partial charge < -0.3 is 9.84 Å². The van der Waals surface area contributed by atoms with Gasteiger partial charge in [-0.05, 0) is 6.42 Å². The number of aliphatic hydroxyl groups is 1. The van der Waals surface area contributed by atoms with Gasteiger partial charge in [-0.2, -0.15) is 0 Å². The van der Waals surface area contributed by atoms with E-state index in [0.717, 1.165) is 6.42 Å². The van der Waals surface area contributed by atoms with E-state index in [0.29, 0.717) is 13.2 Å². The number of amides is 1. The molecule has 4 nitrogen and oxygen atoms in total. The second-order valence-electron chi connectivity index (χ2n) is 2.68. The maximum atomic E-state index is 11.0. The van der Waals surface area contributed by atoms with Gasteiger partial charge in [0.1, 0.15) is 6.61 Å². The summed E-state index contributed by atoms with van der Waals surface area (Å²) in [5.41, 5.74) is 0. The Bertz CT molecular complexity index is 181. The van der Waals surface area contributed by atoms with Crippen molar-refractivity contribution in [3.8, 4) is 0 Å². The summed E-state index contributed by atoms with van der Waals surface area (Å²) in [7, 11) is 0. The summed E-state index contributed by atoms with van der Waals surface area (Å²) in [5.74, 6) is 0. The molecule has 1 saturated heterocycles. The molecule has 1 heterocycles. The first-order chi connectivity index (χ1) is 5.79. The third kappa shape index (κ3) is 1.76. The molecule has 0 aromatic heterocycles. The molecule has 0 spiro atoms. The van der Waals surface area contributed by atoms with Crippen LogP contribution < -0.4 is 0 Å². The number of hydrogen-bond acceptors (Lipinski definition) is 3. The lowest BCUT2D eigenvalue weighted by atomic mass is 10.3. The van der Waals surface area contributed by atoms with E-state index in [9.17, 15) is 4.79 Å². The summed E-state index contributed by atoms with van der Waals surface area (Å²) in [6.45, 7) is 4.39. The highest BCUT2D eigenvalue weighted by Crippen LogP contribution is 2.11. The summed E-state index contributed by atoms with van der Waals surface area (Å²) in [6, 6.07) is -0.169. The first-order valence-electron chi connectivity index (χ1n) is 3.94. The fourth-order valence-corrected chi connectivity index (χ4v) is 1.14. The molecular formula is C8H13NO3. The molecule has 1 rings (SSSR count). The predicted octanol–water partition coefficient (Wildman–Crippen LogP) is 0.376. The Hall–Kier alpha value is -1.03. The van der Waals surface area contributed by atoms with Crippen molar-refractivity contribution in [2.24, 2.45) is 0 Å². The molecule has 0 unspecified atom stereocenters. The molecule has 4 heteroatoms. The second kappa shape index (κ2) is 4.11. The Balaban J connectivity index is 2.45. The zero-order valence-electron chi connectivity index (χ0n) is 6.90. The van der Waals surface area contributed by atoms with E-state index in [-0.39, 0.29) is 18.7 Å². The van der Waals surface area contributed by atoms with Gasteiger partial charge in [0, 0.05) is 6.54 Å². The molecule has 68 valence electrons. The molecule has 1 aliphatic rings. The lowest BCUT2D eigenvalue weighted by molar-refractivity contribution is 0.154. The number of ether oxygens (including phenoxy) is 1. The van der Waals surface area contributed by atoms with Crippen molar-refractivity contribution < 1.29 is 14.6 Å². The van der Waals surface area contributed by atoms with Crippen molar-refractivity contribution in [3.05, 3.63) is 12.7 Å². The highest BCUT2D eigenvalue weighted by molar-refractivity contribution is 5.70. The molecule has 0 aromatic rings. The average Bonchev–Trinajstić information content (AvgIpc) is 2.43. The summed E-state index contributed by atoms with van der Waals surface area (Å²) < 4.78 is 4.76. The van der Waals surface area contributed by atoms with Crippen molar-refractivity contribution in [2.75, 3.05) is 19.8 Å². The fourth-order valence-electron chi connectivity index (χ4n) is 1.14. The molecule has 1 amide bonds. The molecule has 1 N–H and O–H groups in total. The number of aliphatic hydroxyl groups excluding tert-OH is 1. The van der Waals surface area contributed by atoms with Gasteiger partial charge in [0.2, 0.25) is 0 Å². The molecule has 0 bridgehead atoms. The molecule has 0 aromatic carbocycles. The fraction of sp³-hybridized carbons (Fsp3) is 0.625. The van der Waals surface area contributed by atoms with E-state index in [1.54, 1.807) is 6.08 Å². The lowest BCUT2D eigenvalue weighted by Crippen LogP contribution is -2.36. The van der Waals surface area contributed by atoms with E-state index >= 15 is 0 Å². The van der Waals surface area contributed by atoms with Crippen LogP contribution in [0.25, 0.3) is 0 Å². The quantitative estimate of drug-likeness (QED) is 0.622. The van der Waals surface area contributed by atoms with Crippen LogP contribution in [0, 0.1) is 0 Å². The third-order valence-corrected chi connectivity index (χ3v) is 1.86. The van der Waals surface area contributed by atoms with Gasteiger partial charge in [0.05, 0.1) is 12.6 Å². The highest BCUT2D eigenvalue weighted by Gasteiger charge is 2.31. The number of rotatable bonds is 4. The van der Waals surface area contributed by atoms with Crippen LogP contribution in [-0.4, -0.2) is 41.9 Å². The van der Waals surface area contributed by atoms with Crippen LogP contribution in [0.3, 0.4) is 0 Å². The first kappa shape index (κ1) is 9.06. The van der Waals surface area contributed by atoms with E-state index in [2.05, 4.69) is 6.58 Å². The highest BCUT2D eigenvalue weighted by atomic mass is 16.6. The smallest absolute Gasteiger partial charge is 0.410 e. The molecule has 1 atom stereocenters. The molecule has 0 aliphatic carbocycles. The van der Waals surface area contributed by atoms with Gasteiger partial charge in [0.15, 0.2) is 0 Å². The van der Waals surface area contributed by atoms with Gasteiger partial charge in [0.25, 0.3) is 0 Å². The van der Waals surface area contributed by atoms with Crippen LogP contribution in [0.5, 0.6) is 0 Å². The Morgan fingerprint density at radius 2 is 2.58 bits per heavy atom. The molecule has 1 fully saturated rings. The zero-order chi connectivity index (χ0) is 8.97. The number of carbonyl (C=O) groups is 1. The normalized spacial score (nSPS) is 22.6. The molecule has 0 radical (unpaired) electrons. The van der Waals surface area contributed by atoms with Crippen LogP contribution in [0.1, 0.15) is 6.42 Å². The Morgan fingerprint density at radius 1 is 1.83 bits per heavy atom. The van der Waals surface area contributed by atoms with Gasteiger partial charge in [-0.3, -0.25) is 4.90 Å². The average molecular weight is 171 g/mol. The first-order valence-corrected chi connectivity index (χ1v) is 3.94. The second-order valence-corrected chi connectivity index (χ2v) is 2.68. The molecule has 1 aliphatic heterocycles. The van der Waals surface area contributed by atoms with E-state index in [1.165, 1.54) is 4.90 Å². The zero-order valence-corrected chi connectivity index (χ0v) is 6.90. The van der Waals surface area contributed by atoms with E-state index < -0.39 is 0 Å². The maximum Gasteiger partial charge on any atom is 0.410 e. The van der Waals surface area contributed by atoms with Crippen LogP contribution in [0.15, 0.2) is 12.7 Å². The van der Waals surface area contributed by atoms with Gasteiger partial charge in [-0.1, -0.05) is 6.08 Å². The van der Waals surface area contributed by atoms with E-state index in [4.69, 9.17) is 9.84 Å². The van der Waals surface area contributed by atoms with Crippen LogP contribution >= 0.6 is 0 Å². The molecule has 0 saturated carbocycles. The van der Waals surface area contributed by atoms with Crippen molar-refractivity contribution in [2.45, 2.75) is 12.5 Å². The lowest BCUT2D eigenvalue weighted by Gasteiger charge is -2.17. The predicted molar refractivity (Wildman–Crippen MR) is 43.7 cm³/mol. The van der Waals surface area contributed by atoms with Crippen LogP contribution in [0.2, 0.25) is 0 Å². The van der Waals surface area contributed by atoms with Gasteiger partial charge >= 0.3 is 6.09 Å². The number of hydrogen-bond donors (Lipinski definition) is 1. The van der Waals surface area contributed by atoms with Crippen molar-refractivity contribution >= 4 is 6.09 Å². The van der Waals surface area contributed by atoms with Gasteiger partial charge in [-0.25, -0.2) is 4.79 Å². The largest absolute Gasteiger partial charge is 0.447 e. The topological polar surface area (TPSA) is 49.8 Å². The minimum absolute atomic E-state index is 0.0388. The third-order valence-electron chi connectivity index (χ3n) is 1.86. The number of nitrogens with zero attached hydrogens (tertiary/aromatic N) is 1. The monoisotopic (exact) mass is 171 g/mol. The Kier molecular flexibility index (Phi) is 3.10. The summed E-state index contributed by atoms with van der Waals surface area (Å²) in [4.78, 5) is 12.5. The van der Waals surface area contributed by atoms with Crippen molar-refractivity contribution in [1.29, 1.82) is 0 Å². The summed E-state index contributed by atoms with van der Waals surface area (Å²) >= 11 is 0. The molecule has 12 heavy (non-hydrogen) atoms. The SMILES string of the molecule is C=CCCN1C(=O)OC[C@H]1CO. The Labute approximate surface area is 71.4 Å². The minimum atomic E-state index is -0.337. The van der Waals surface area contributed by atoms with Crippen molar-refractivity contribution in [1.82, 2.24) is 4.90 Å². The Morgan fingerprint density at radius 3 is 3.17 bits per heavy atom. The molecular weight excluding hydrogens is 158 g/mol. The van der Waals surface area contributed by atoms with Crippen molar-refractivity contribution in [3.63, 3.8) is 0 Å². The maximum absolute atomic E-state index is 11.0. The summed E-state index contributed by atoms with van der Waals surface area (Å²) in [6.07, 6.45) is 2.13. The minimum Gasteiger partial charge on any atom is -0.447 e. The summed E-state index contributed by atoms with van der Waals surface area (Å²) in [5, 5.41) is 8.85. The number of cyclic esters (lactones) is 1. The van der Waals surface area contributed by atoms with Gasteiger partial charge in [-0.15, -0.1) is 6.58 Å².